The topological polar surface area (TPSA) is 69.8 Å². The van der Waals surface area contributed by atoms with Gasteiger partial charge in [0, 0.05) is 18.1 Å². The second kappa shape index (κ2) is 5.54. The molecular formula is C11H13ClN4O. The molecule has 90 valence electrons. The minimum absolute atomic E-state index is 0.228. The van der Waals surface area contributed by atoms with Crippen LogP contribution >= 0.6 is 11.6 Å². The van der Waals surface area contributed by atoms with Crippen molar-refractivity contribution in [1.29, 1.82) is 0 Å². The molecule has 1 aromatic heterocycles. The fourth-order valence-corrected chi connectivity index (χ4v) is 1.59. The first-order chi connectivity index (χ1) is 8.29. The molecule has 1 heterocycles. The van der Waals surface area contributed by atoms with Gasteiger partial charge in [-0.2, -0.15) is 0 Å². The van der Waals surface area contributed by atoms with E-state index in [1.54, 1.807) is 6.33 Å². The maximum Gasteiger partial charge on any atom is 0.319 e. The molecule has 3 N–H and O–H groups in total. The molecule has 5 nitrogen and oxygen atoms in total. The number of fused-ring (bicyclic) bond motifs is 1. The van der Waals surface area contributed by atoms with Gasteiger partial charge in [-0.15, -0.1) is 11.6 Å². The lowest BCUT2D eigenvalue weighted by Gasteiger charge is -2.06. The molecule has 0 fully saturated rings. The van der Waals surface area contributed by atoms with Gasteiger partial charge >= 0.3 is 6.03 Å². The number of benzene rings is 1. The monoisotopic (exact) mass is 252 g/mol. The second-order valence-corrected chi connectivity index (χ2v) is 3.94. The van der Waals surface area contributed by atoms with Crippen molar-refractivity contribution in [2.24, 2.45) is 0 Å². The van der Waals surface area contributed by atoms with Crippen LogP contribution in [0.15, 0.2) is 24.5 Å². The summed E-state index contributed by atoms with van der Waals surface area (Å²) in [4.78, 5) is 18.6. The lowest BCUT2D eigenvalue weighted by Crippen LogP contribution is -2.29. The number of nitrogens with zero attached hydrogens (tertiary/aromatic N) is 1. The normalized spacial score (nSPS) is 10.4. The second-order valence-electron chi connectivity index (χ2n) is 3.56. The van der Waals surface area contributed by atoms with Crippen LogP contribution in [-0.2, 0) is 0 Å². The van der Waals surface area contributed by atoms with Crippen LogP contribution in [0.25, 0.3) is 11.0 Å². The predicted octanol–water partition coefficient (Wildman–Crippen LogP) is 2.31. The summed E-state index contributed by atoms with van der Waals surface area (Å²) < 4.78 is 0. The van der Waals surface area contributed by atoms with E-state index in [-0.39, 0.29) is 6.03 Å². The van der Waals surface area contributed by atoms with Gasteiger partial charge in [0.05, 0.1) is 17.4 Å². The van der Waals surface area contributed by atoms with E-state index >= 15 is 0 Å². The van der Waals surface area contributed by atoms with E-state index in [2.05, 4.69) is 20.6 Å². The number of imidazole rings is 1. The molecule has 0 saturated carbocycles. The van der Waals surface area contributed by atoms with Crippen molar-refractivity contribution >= 4 is 34.4 Å². The zero-order valence-electron chi connectivity index (χ0n) is 9.16. The fourth-order valence-electron chi connectivity index (χ4n) is 1.46. The number of halogens is 1. The molecule has 2 aromatic rings. The molecule has 17 heavy (non-hydrogen) atoms. The van der Waals surface area contributed by atoms with Crippen molar-refractivity contribution in [3.05, 3.63) is 24.5 Å². The number of nitrogens with one attached hydrogen (secondary N) is 3. The number of aromatic amines is 1. The SMILES string of the molecule is O=C(NCCCCl)Nc1ccc2nc[nH]c2c1. The van der Waals surface area contributed by atoms with Crippen molar-refractivity contribution in [3.8, 4) is 0 Å². The third kappa shape index (κ3) is 3.10. The van der Waals surface area contributed by atoms with E-state index < -0.39 is 0 Å². The van der Waals surface area contributed by atoms with Crippen LogP contribution in [0.4, 0.5) is 10.5 Å². The van der Waals surface area contributed by atoms with Gasteiger partial charge in [0.2, 0.25) is 0 Å². The summed E-state index contributed by atoms with van der Waals surface area (Å²) in [5.74, 6) is 0.542. The summed E-state index contributed by atoms with van der Waals surface area (Å²) >= 11 is 5.52. The van der Waals surface area contributed by atoms with E-state index in [0.29, 0.717) is 12.4 Å². The standard InChI is InChI=1S/C11H13ClN4O/c12-4-1-5-13-11(17)16-8-2-3-9-10(6-8)15-7-14-9/h2-3,6-7H,1,4-5H2,(H,14,15)(H2,13,16,17). The van der Waals surface area contributed by atoms with E-state index in [0.717, 1.165) is 23.1 Å². The maximum atomic E-state index is 11.5. The molecule has 1 aromatic carbocycles. The quantitative estimate of drug-likeness (QED) is 0.577. The van der Waals surface area contributed by atoms with Crippen LogP contribution in [0.1, 0.15) is 6.42 Å². The van der Waals surface area contributed by atoms with Gasteiger partial charge in [-0.1, -0.05) is 0 Å². The van der Waals surface area contributed by atoms with Crippen LogP contribution in [0.3, 0.4) is 0 Å². The molecule has 0 radical (unpaired) electrons. The number of alkyl halides is 1. The number of carbonyl (C=O) groups is 1. The molecule has 0 spiro atoms. The number of anilines is 1. The zero-order valence-corrected chi connectivity index (χ0v) is 9.92. The molecule has 2 amide bonds. The smallest absolute Gasteiger partial charge is 0.319 e. The Labute approximate surface area is 104 Å². The Hall–Kier alpha value is -1.75. The van der Waals surface area contributed by atoms with Crippen LogP contribution in [0, 0.1) is 0 Å². The lowest BCUT2D eigenvalue weighted by molar-refractivity contribution is 0.252. The Morgan fingerprint density at radius 2 is 2.35 bits per heavy atom. The van der Waals surface area contributed by atoms with Crippen molar-refractivity contribution in [2.45, 2.75) is 6.42 Å². The van der Waals surface area contributed by atoms with Crippen molar-refractivity contribution in [3.63, 3.8) is 0 Å². The first-order valence-corrected chi connectivity index (χ1v) is 5.87. The summed E-state index contributed by atoms with van der Waals surface area (Å²) in [5, 5.41) is 5.46. The number of carbonyl (C=O) groups excluding carboxylic acids is 1. The number of rotatable bonds is 4. The molecular weight excluding hydrogens is 240 g/mol. The van der Waals surface area contributed by atoms with Gasteiger partial charge in [-0.3, -0.25) is 0 Å². The summed E-state index contributed by atoms with van der Waals surface area (Å²) in [6, 6.07) is 5.27. The average molecular weight is 253 g/mol. The molecule has 0 aliphatic heterocycles. The fraction of sp³-hybridized carbons (Fsp3) is 0.273. The third-order valence-corrected chi connectivity index (χ3v) is 2.54. The molecule has 0 atom stereocenters. The first-order valence-electron chi connectivity index (χ1n) is 5.33. The van der Waals surface area contributed by atoms with Gasteiger partial charge in [0.15, 0.2) is 0 Å². The minimum Gasteiger partial charge on any atom is -0.345 e. The summed E-state index contributed by atoms with van der Waals surface area (Å²) in [7, 11) is 0. The van der Waals surface area contributed by atoms with Gasteiger partial charge in [0.1, 0.15) is 0 Å². The summed E-state index contributed by atoms with van der Waals surface area (Å²) in [5.41, 5.74) is 2.49. The highest BCUT2D eigenvalue weighted by Crippen LogP contribution is 2.15. The van der Waals surface area contributed by atoms with Crippen LogP contribution in [0.5, 0.6) is 0 Å². The van der Waals surface area contributed by atoms with E-state index in [1.165, 1.54) is 0 Å². The first kappa shape index (κ1) is 11.7. The number of H-pyrrole nitrogens is 1. The Kier molecular flexibility index (Phi) is 3.82. The Morgan fingerprint density at radius 1 is 1.47 bits per heavy atom. The molecule has 0 bridgehead atoms. The number of hydrogen-bond donors (Lipinski definition) is 3. The number of urea groups is 1. The van der Waals surface area contributed by atoms with Gasteiger partial charge in [-0.05, 0) is 24.6 Å². The number of hydrogen-bond acceptors (Lipinski definition) is 2. The molecule has 0 unspecified atom stereocenters. The van der Waals surface area contributed by atoms with Gasteiger partial charge in [0.25, 0.3) is 0 Å². The van der Waals surface area contributed by atoms with Crippen molar-refractivity contribution in [1.82, 2.24) is 15.3 Å². The van der Waals surface area contributed by atoms with Crippen LogP contribution < -0.4 is 10.6 Å². The minimum atomic E-state index is -0.228. The predicted molar refractivity (Wildman–Crippen MR) is 68.5 cm³/mol. The summed E-state index contributed by atoms with van der Waals surface area (Å²) in [6.07, 6.45) is 2.38. The molecule has 0 saturated heterocycles. The highest BCUT2D eigenvalue weighted by Gasteiger charge is 2.02. The van der Waals surface area contributed by atoms with Crippen LogP contribution in [0.2, 0.25) is 0 Å². The Bertz CT molecular complexity index is 511. The highest BCUT2D eigenvalue weighted by atomic mass is 35.5. The molecule has 2 rings (SSSR count). The van der Waals surface area contributed by atoms with Crippen LogP contribution in [-0.4, -0.2) is 28.4 Å². The largest absolute Gasteiger partial charge is 0.345 e. The van der Waals surface area contributed by atoms with Gasteiger partial charge < -0.3 is 15.6 Å². The average Bonchev–Trinajstić information content (AvgIpc) is 2.76. The number of aromatic nitrogens is 2. The molecule has 0 aliphatic carbocycles. The van der Waals surface area contributed by atoms with Gasteiger partial charge in [-0.25, -0.2) is 9.78 Å². The molecule has 6 heteroatoms. The Morgan fingerprint density at radius 3 is 3.18 bits per heavy atom. The van der Waals surface area contributed by atoms with Crippen molar-refractivity contribution < 1.29 is 4.79 Å². The van der Waals surface area contributed by atoms with E-state index in [4.69, 9.17) is 11.6 Å². The zero-order chi connectivity index (χ0) is 12.1. The molecule has 0 aliphatic rings. The lowest BCUT2D eigenvalue weighted by atomic mass is 10.3. The van der Waals surface area contributed by atoms with Crippen molar-refractivity contribution in [2.75, 3.05) is 17.7 Å². The maximum absolute atomic E-state index is 11.5. The third-order valence-electron chi connectivity index (χ3n) is 2.27. The Balaban J connectivity index is 1.95. The van der Waals surface area contributed by atoms with E-state index in [1.807, 2.05) is 18.2 Å². The summed E-state index contributed by atoms with van der Waals surface area (Å²) in [6.45, 7) is 0.571. The highest BCUT2D eigenvalue weighted by molar-refractivity contribution is 6.17. The number of amides is 2. The van der Waals surface area contributed by atoms with E-state index in [9.17, 15) is 4.79 Å².